The van der Waals surface area contributed by atoms with E-state index < -0.39 is 27.1 Å². The molecule has 0 radical (unpaired) electrons. The van der Waals surface area contributed by atoms with Crippen LogP contribution in [-0.4, -0.2) is 20.1 Å². The molecule has 0 aliphatic carbocycles. The molecule has 0 atom stereocenters. The van der Waals surface area contributed by atoms with Crippen LogP contribution in [0, 0.1) is 5.92 Å². The Labute approximate surface area is 75.3 Å². The highest BCUT2D eigenvalue weighted by atomic mass is 35.7. The maximum absolute atomic E-state index is 12.7. The highest BCUT2D eigenvalue weighted by Gasteiger charge is 2.35. The largest absolute Gasteiger partial charge is 0.263 e. The molecule has 0 bridgehead atoms. The van der Waals surface area contributed by atoms with Crippen LogP contribution in [0.4, 0.5) is 8.78 Å². The van der Waals surface area contributed by atoms with Crippen LogP contribution in [0.5, 0.6) is 0 Å². The normalized spacial score (nSPS) is 13.8. The lowest BCUT2D eigenvalue weighted by Gasteiger charge is -2.16. The molecule has 74 valence electrons. The third kappa shape index (κ3) is 6.79. The van der Waals surface area contributed by atoms with E-state index in [4.69, 9.17) is 10.7 Å². The van der Waals surface area contributed by atoms with Gasteiger partial charge in [0.2, 0.25) is 9.05 Å². The van der Waals surface area contributed by atoms with Gasteiger partial charge in [-0.25, -0.2) is 17.2 Å². The number of halogens is 3. The molecule has 0 saturated carbocycles. The highest BCUT2D eigenvalue weighted by molar-refractivity contribution is 8.13. The van der Waals surface area contributed by atoms with Gasteiger partial charge in [0.15, 0.2) is 0 Å². The van der Waals surface area contributed by atoms with E-state index in [0.717, 1.165) is 0 Å². The molecule has 0 unspecified atom stereocenters. The van der Waals surface area contributed by atoms with Gasteiger partial charge in [-0.1, -0.05) is 13.8 Å². The third-order valence-corrected chi connectivity index (χ3v) is 2.18. The first-order chi connectivity index (χ1) is 5.12. The lowest BCUT2D eigenvalue weighted by Crippen LogP contribution is -2.27. The Bertz CT molecular complexity index is 236. The maximum atomic E-state index is 12.7. The number of rotatable bonds is 4. The molecule has 0 heterocycles. The van der Waals surface area contributed by atoms with Crippen molar-refractivity contribution in [3.05, 3.63) is 0 Å². The average molecular weight is 221 g/mol. The molecule has 0 aromatic heterocycles. The molecular formula is C6H11ClF2O2S. The Balaban J connectivity index is 4.23. The van der Waals surface area contributed by atoms with Crippen LogP contribution in [0.1, 0.15) is 20.3 Å². The van der Waals surface area contributed by atoms with Crippen LogP contribution in [0.2, 0.25) is 0 Å². The first-order valence-corrected chi connectivity index (χ1v) is 5.90. The van der Waals surface area contributed by atoms with Gasteiger partial charge >= 0.3 is 0 Å². The topological polar surface area (TPSA) is 34.1 Å². The minimum Gasteiger partial charge on any atom is -0.212 e. The summed E-state index contributed by atoms with van der Waals surface area (Å²) >= 11 is 0. The van der Waals surface area contributed by atoms with Crippen LogP contribution in [0.25, 0.3) is 0 Å². The highest BCUT2D eigenvalue weighted by Crippen LogP contribution is 2.26. The Morgan fingerprint density at radius 1 is 1.42 bits per heavy atom. The second-order valence-electron chi connectivity index (χ2n) is 3.14. The SMILES string of the molecule is CC(C)CC(F)(F)CS(=O)(=O)Cl. The summed E-state index contributed by atoms with van der Waals surface area (Å²) < 4.78 is 46.0. The van der Waals surface area contributed by atoms with Gasteiger partial charge in [-0.05, 0) is 5.92 Å². The molecule has 0 aliphatic rings. The maximum Gasteiger partial charge on any atom is 0.263 e. The number of hydrogen-bond acceptors (Lipinski definition) is 2. The smallest absolute Gasteiger partial charge is 0.212 e. The summed E-state index contributed by atoms with van der Waals surface area (Å²) in [5, 5.41) is 0. The van der Waals surface area contributed by atoms with E-state index in [2.05, 4.69) is 0 Å². The average Bonchev–Trinajstić information content (AvgIpc) is 1.48. The van der Waals surface area contributed by atoms with Gasteiger partial charge in [-0.3, -0.25) is 0 Å². The fraction of sp³-hybridized carbons (Fsp3) is 1.00. The predicted octanol–water partition coefficient (Wildman–Crippen LogP) is 2.24. The summed E-state index contributed by atoms with van der Waals surface area (Å²) in [5.41, 5.74) is 0. The van der Waals surface area contributed by atoms with Gasteiger partial charge in [0, 0.05) is 17.1 Å². The van der Waals surface area contributed by atoms with Gasteiger partial charge < -0.3 is 0 Å². The first-order valence-electron chi connectivity index (χ1n) is 3.42. The van der Waals surface area contributed by atoms with E-state index >= 15 is 0 Å². The molecular weight excluding hydrogens is 210 g/mol. The Morgan fingerprint density at radius 3 is 2.08 bits per heavy atom. The monoisotopic (exact) mass is 220 g/mol. The predicted molar refractivity (Wildman–Crippen MR) is 44.0 cm³/mol. The zero-order chi connectivity index (χ0) is 9.99. The fourth-order valence-corrected chi connectivity index (χ4v) is 2.01. The molecule has 0 aromatic rings. The molecule has 0 spiro atoms. The van der Waals surface area contributed by atoms with E-state index in [1.807, 2.05) is 0 Å². The minimum absolute atomic E-state index is 0.251. The van der Waals surface area contributed by atoms with Crippen molar-refractivity contribution in [2.75, 3.05) is 5.75 Å². The molecule has 0 rings (SSSR count). The molecule has 0 amide bonds. The van der Waals surface area contributed by atoms with Crippen molar-refractivity contribution >= 4 is 19.7 Å². The van der Waals surface area contributed by atoms with Gasteiger partial charge in [-0.15, -0.1) is 0 Å². The standard InChI is InChI=1S/C6H11ClF2O2S/c1-5(2)3-6(8,9)4-12(7,10)11/h5H,3-4H2,1-2H3. The fourth-order valence-electron chi connectivity index (χ4n) is 0.908. The summed E-state index contributed by atoms with van der Waals surface area (Å²) in [6.45, 7) is 3.18. The zero-order valence-electron chi connectivity index (χ0n) is 6.85. The Morgan fingerprint density at radius 2 is 1.83 bits per heavy atom. The van der Waals surface area contributed by atoms with Gasteiger partial charge in [0.1, 0.15) is 5.75 Å². The van der Waals surface area contributed by atoms with Gasteiger partial charge in [0.25, 0.3) is 5.92 Å². The molecule has 2 nitrogen and oxygen atoms in total. The van der Waals surface area contributed by atoms with Crippen LogP contribution in [-0.2, 0) is 9.05 Å². The lowest BCUT2D eigenvalue weighted by atomic mass is 10.1. The van der Waals surface area contributed by atoms with Crippen molar-refractivity contribution in [2.24, 2.45) is 5.92 Å². The van der Waals surface area contributed by atoms with Crippen molar-refractivity contribution in [3.8, 4) is 0 Å². The van der Waals surface area contributed by atoms with Gasteiger partial charge in [-0.2, -0.15) is 0 Å². The van der Waals surface area contributed by atoms with Gasteiger partial charge in [0.05, 0.1) is 0 Å². The second kappa shape index (κ2) is 3.87. The summed E-state index contributed by atoms with van der Waals surface area (Å²) in [5.74, 6) is -4.74. The molecule has 0 aliphatic heterocycles. The molecule has 0 fully saturated rings. The van der Waals surface area contributed by atoms with E-state index in [1.54, 1.807) is 13.8 Å². The van der Waals surface area contributed by atoms with Crippen LogP contribution in [0.15, 0.2) is 0 Å². The van der Waals surface area contributed by atoms with Crippen molar-refractivity contribution in [2.45, 2.75) is 26.2 Å². The summed E-state index contributed by atoms with van der Waals surface area (Å²) in [6, 6.07) is 0. The van der Waals surface area contributed by atoms with Crippen LogP contribution < -0.4 is 0 Å². The summed E-state index contributed by atoms with van der Waals surface area (Å²) in [7, 11) is 0.588. The van der Waals surface area contributed by atoms with E-state index in [9.17, 15) is 17.2 Å². The van der Waals surface area contributed by atoms with Crippen molar-refractivity contribution in [3.63, 3.8) is 0 Å². The molecule has 0 saturated heterocycles. The Hall–Kier alpha value is 0.1000. The van der Waals surface area contributed by atoms with E-state index in [0.29, 0.717) is 0 Å². The summed E-state index contributed by atoms with van der Waals surface area (Å²) in [4.78, 5) is 0. The van der Waals surface area contributed by atoms with Crippen LogP contribution >= 0.6 is 10.7 Å². The molecule has 12 heavy (non-hydrogen) atoms. The number of hydrogen-bond donors (Lipinski definition) is 0. The quantitative estimate of drug-likeness (QED) is 0.681. The second-order valence-corrected chi connectivity index (χ2v) is 5.91. The molecule has 6 heteroatoms. The van der Waals surface area contributed by atoms with Crippen molar-refractivity contribution < 1.29 is 17.2 Å². The van der Waals surface area contributed by atoms with E-state index in [1.165, 1.54) is 0 Å². The Kier molecular flexibility index (Phi) is 3.90. The molecule has 0 aromatic carbocycles. The third-order valence-electron chi connectivity index (χ3n) is 1.09. The van der Waals surface area contributed by atoms with E-state index in [-0.39, 0.29) is 5.92 Å². The summed E-state index contributed by atoms with van der Waals surface area (Å²) in [6.07, 6.45) is -0.459. The minimum atomic E-state index is -4.11. The lowest BCUT2D eigenvalue weighted by molar-refractivity contribution is 0.00494. The zero-order valence-corrected chi connectivity index (χ0v) is 8.42. The van der Waals surface area contributed by atoms with Crippen molar-refractivity contribution in [1.29, 1.82) is 0 Å². The first kappa shape index (κ1) is 12.1. The van der Waals surface area contributed by atoms with Crippen molar-refractivity contribution in [1.82, 2.24) is 0 Å². The van der Waals surface area contributed by atoms with Crippen LogP contribution in [0.3, 0.4) is 0 Å². The number of alkyl halides is 2. The molecule has 0 N–H and O–H groups in total.